The van der Waals surface area contributed by atoms with E-state index >= 15 is 0 Å². The average Bonchev–Trinajstić information content (AvgIpc) is 2.81. The molecule has 0 atom stereocenters. The summed E-state index contributed by atoms with van der Waals surface area (Å²) in [5, 5.41) is 22.6. The van der Waals surface area contributed by atoms with E-state index in [2.05, 4.69) is 21.2 Å². The second-order valence-electron chi connectivity index (χ2n) is 7.10. The fourth-order valence-corrected chi connectivity index (χ4v) is 3.29. The van der Waals surface area contributed by atoms with E-state index in [0.29, 0.717) is 21.3 Å². The smallest absolute Gasteiger partial charge is 0.416 e. The van der Waals surface area contributed by atoms with Gasteiger partial charge >= 0.3 is 6.18 Å². The zero-order valence-corrected chi connectivity index (χ0v) is 19.3. The van der Waals surface area contributed by atoms with Gasteiger partial charge in [-0.25, -0.2) is 0 Å². The number of halogens is 4. The lowest BCUT2D eigenvalue weighted by molar-refractivity contribution is -0.384. The molecular formula is C24H15BrF3N3O4. The Morgan fingerprint density at radius 2 is 1.86 bits per heavy atom. The van der Waals surface area contributed by atoms with Crippen molar-refractivity contribution in [2.75, 3.05) is 5.32 Å². The number of nitro groups is 1. The molecule has 0 aliphatic carbocycles. The molecule has 1 amide bonds. The highest BCUT2D eigenvalue weighted by molar-refractivity contribution is 9.10. The topological polar surface area (TPSA) is 105 Å². The molecule has 11 heteroatoms. The quantitative estimate of drug-likeness (QED) is 0.158. The van der Waals surface area contributed by atoms with Crippen LogP contribution in [-0.4, -0.2) is 10.8 Å². The summed E-state index contributed by atoms with van der Waals surface area (Å²) in [7, 11) is 0. The molecule has 1 N–H and O–H groups in total. The third kappa shape index (κ3) is 6.91. The number of carbonyl (C=O) groups excluding carboxylic acids is 1. The lowest BCUT2D eigenvalue weighted by atomic mass is 10.1. The molecule has 0 spiro atoms. The SMILES string of the molecule is N#C/C(=C\c1cc(Br)ccc1OCc1ccc([N+](=O)[O-])cc1)C(=O)Nc1cccc(C(F)(F)F)c1. The number of hydrogen-bond donors (Lipinski definition) is 1. The summed E-state index contributed by atoms with van der Waals surface area (Å²) in [6.45, 7) is 0.0543. The van der Waals surface area contributed by atoms with Crippen molar-refractivity contribution in [1.82, 2.24) is 0 Å². The summed E-state index contributed by atoms with van der Waals surface area (Å²) in [5.74, 6) is -0.584. The first-order chi connectivity index (χ1) is 16.6. The minimum atomic E-state index is -4.58. The molecule has 7 nitrogen and oxygen atoms in total. The van der Waals surface area contributed by atoms with Crippen molar-refractivity contribution in [2.24, 2.45) is 0 Å². The second kappa shape index (κ2) is 10.8. The van der Waals surface area contributed by atoms with E-state index in [-0.39, 0.29) is 23.6 Å². The summed E-state index contributed by atoms with van der Waals surface area (Å²) in [6.07, 6.45) is -3.33. The van der Waals surface area contributed by atoms with Crippen molar-refractivity contribution < 1.29 is 27.6 Å². The molecule has 3 aromatic rings. The van der Waals surface area contributed by atoms with Gasteiger partial charge in [0.25, 0.3) is 11.6 Å². The molecular weight excluding hydrogens is 531 g/mol. The van der Waals surface area contributed by atoms with E-state index in [4.69, 9.17) is 4.74 Å². The summed E-state index contributed by atoms with van der Waals surface area (Å²) in [5.41, 5.74) is -0.470. The molecule has 3 aromatic carbocycles. The minimum absolute atomic E-state index is 0.0543. The molecule has 35 heavy (non-hydrogen) atoms. The largest absolute Gasteiger partial charge is 0.488 e. The second-order valence-corrected chi connectivity index (χ2v) is 8.01. The van der Waals surface area contributed by atoms with Crippen molar-refractivity contribution in [1.29, 1.82) is 5.26 Å². The third-order valence-electron chi connectivity index (χ3n) is 4.63. The minimum Gasteiger partial charge on any atom is -0.488 e. The monoisotopic (exact) mass is 545 g/mol. The Morgan fingerprint density at radius 3 is 2.49 bits per heavy atom. The Kier molecular flexibility index (Phi) is 7.88. The van der Waals surface area contributed by atoms with Gasteiger partial charge in [0.15, 0.2) is 0 Å². The Hall–Kier alpha value is -4.17. The number of hydrogen-bond acceptors (Lipinski definition) is 5. The van der Waals surface area contributed by atoms with E-state index < -0.39 is 22.6 Å². The van der Waals surface area contributed by atoms with Crippen LogP contribution in [0, 0.1) is 21.4 Å². The van der Waals surface area contributed by atoms with E-state index in [9.17, 15) is 33.3 Å². The standard InChI is InChI=1S/C24H15BrF3N3O4/c25-19-6-9-22(35-14-15-4-7-21(8-5-15)31(33)34)16(11-19)10-17(13-29)23(32)30-20-3-1-2-18(12-20)24(26,27)28/h1-12H,14H2,(H,30,32)/b17-10+. The van der Waals surface area contributed by atoms with Crippen molar-refractivity contribution in [2.45, 2.75) is 12.8 Å². The van der Waals surface area contributed by atoms with Crippen LogP contribution in [0.25, 0.3) is 6.08 Å². The number of amides is 1. The maximum absolute atomic E-state index is 12.9. The lowest BCUT2D eigenvalue weighted by Gasteiger charge is -2.11. The molecule has 178 valence electrons. The molecule has 0 heterocycles. The van der Waals surface area contributed by atoms with Crippen LogP contribution in [-0.2, 0) is 17.6 Å². The van der Waals surface area contributed by atoms with Gasteiger partial charge in [0.2, 0.25) is 0 Å². The number of non-ortho nitro benzene ring substituents is 1. The fraction of sp³-hybridized carbons (Fsp3) is 0.0833. The molecule has 0 saturated heterocycles. The highest BCUT2D eigenvalue weighted by atomic mass is 79.9. The van der Waals surface area contributed by atoms with Gasteiger partial charge in [-0.05, 0) is 60.2 Å². The van der Waals surface area contributed by atoms with Crippen LogP contribution >= 0.6 is 15.9 Å². The van der Waals surface area contributed by atoms with Crippen LogP contribution in [0.1, 0.15) is 16.7 Å². The maximum atomic E-state index is 12.9. The maximum Gasteiger partial charge on any atom is 0.416 e. The average molecular weight is 546 g/mol. The molecule has 0 aliphatic rings. The van der Waals surface area contributed by atoms with E-state index in [1.54, 1.807) is 24.3 Å². The zero-order chi connectivity index (χ0) is 25.6. The number of anilines is 1. The normalized spacial score (nSPS) is 11.5. The lowest BCUT2D eigenvalue weighted by Crippen LogP contribution is -2.14. The third-order valence-corrected chi connectivity index (χ3v) is 5.12. The molecule has 3 rings (SSSR count). The Morgan fingerprint density at radius 1 is 1.14 bits per heavy atom. The van der Waals surface area contributed by atoms with Crippen molar-refractivity contribution in [3.63, 3.8) is 0 Å². The molecule has 0 bridgehead atoms. The summed E-state index contributed by atoms with van der Waals surface area (Å²) < 4.78 is 45.2. The number of rotatable bonds is 7. The van der Waals surface area contributed by atoms with Crippen molar-refractivity contribution >= 4 is 39.3 Å². The van der Waals surface area contributed by atoms with Gasteiger partial charge in [0.05, 0.1) is 10.5 Å². The van der Waals surface area contributed by atoms with Crippen molar-refractivity contribution in [3.05, 3.63) is 104 Å². The first-order valence-electron chi connectivity index (χ1n) is 9.83. The number of benzene rings is 3. The van der Waals surface area contributed by atoms with Crippen LogP contribution in [0.4, 0.5) is 24.5 Å². The molecule has 0 aromatic heterocycles. The number of nitrogens with one attached hydrogen (secondary N) is 1. The van der Waals surface area contributed by atoms with E-state index in [1.807, 2.05) is 0 Å². The number of nitrogens with zero attached hydrogens (tertiary/aromatic N) is 2. The Bertz CT molecular complexity index is 1330. The number of nitro benzene ring substituents is 1. The van der Waals surface area contributed by atoms with Crippen molar-refractivity contribution in [3.8, 4) is 11.8 Å². The number of carbonyl (C=O) groups is 1. The molecule has 0 aliphatic heterocycles. The number of alkyl halides is 3. The van der Waals surface area contributed by atoms with Crippen LogP contribution in [0.5, 0.6) is 5.75 Å². The fourth-order valence-electron chi connectivity index (χ4n) is 2.91. The first-order valence-corrected chi connectivity index (χ1v) is 10.6. The Labute approximate surface area is 205 Å². The van der Waals surface area contributed by atoms with Gasteiger partial charge in [0, 0.05) is 27.9 Å². The van der Waals surface area contributed by atoms with Gasteiger partial charge in [-0.1, -0.05) is 22.0 Å². The van der Waals surface area contributed by atoms with Gasteiger partial charge in [0.1, 0.15) is 24.0 Å². The summed E-state index contributed by atoms with van der Waals surface area (Å²) in [4.78, 5) is 22.8. The summed E-state index contributed by atoms with van der Waals surface area (Å²) >= 11 is 3.30. The highest BCUT2D eigenvalue weighted by Gasteiger charge is 2.30. The molecule has 0 fully saturated rings. The highest BCUT2D eigenvalue weighted by Crippen LogP contribution is 2.31. The van der Waals surface area contributed by atoms with Crippen LogP contribution in [0.2, 0.25) is 0 Å². The predicted molar refractivity (Wildman–Crippen MR) is 125 cm³/mol. The van der Waals surface area contributed by atoms with Gasteiger partial charge in [-0.15, -0.1) is 0 Å². The van der Waals surface area contributed by atoms with E-state index in [1.165, 1.54) is 36.4 Å². The van der Waals surface area contributed by atoms with Crippen LogP contribution in [0.3, 0.4) is 0 Å². The Balaban J connectivity index is 1.81. The molecule has 0 saturated carbocycles. The van der Waals surface area contributed by atoms with Gasteiger partial charge in [-0.3, -0.25) is 14.9 Å². The van der Waals surface area contributed by atoms with Crippen LogP contribution < -0.4 is 10.1 Å². The van der Waals surface area contributed by atoms with Gasteiger partial charge in [-0.2, -0.15) is 18.4 Å². The van der Waals surface area contributed by atoms with Gasteiger partial charge < -0.3 is 10.1 Å². The number of nitriles is 1. The van der Waals surface area contributed by atoms with Crippen LogP contribution in [0.15, 0.2) is 76.8 Å². The molecule has 0 unspecified atom stereocenters. The summed E-state index contributed by atoms with van der Waals surface area (Å²) in [6, 6.07) is 16.4. The predicted octanol–water partition coefficient (Wildman–Crippen LogP) is 6.50. The number of ether oxygens (including phenoxy) is 1. The zero-order valence-electron chi connectivity index (χ0n) is 17.7. The van der Waals surface area contributed by atoms with E-state index in [0.717, 1.165) is 18.2 Å². The first kappa shape index (κ1) is 25.5. The molecule has 0 radical (unpaired) electrons.